The number of nitrogens with zero attached hydrogens (tertiary/aromatic N) is 3. The van der Waals surface area contributed by atoms with Gasteiger partial charge in [0, 0.05) is 44.3 Å². The Bertz CT molecular complexity index is 739. The maximum atomic E-state index is 12.7. The van der Waals surface area contributed by atoms with E-state index in [-0.39, 0.29) is 0 Å². The number of rotatable bonds is 3. The van der Waals surface area contributed by atoms with Crippen LogP contribution in [0.15, 0.2) is 53.7 Å². The fourth-order valence-electron chi connectivity index (χ4n) is 2.73. The molecule has 0 saturated carbocycles. The lowest BCUT2D eigenvalue weighted by Crippen LogP contribution is -2.48. The Labute approximate surface area is 131 Å². The number of benzene rings is 1. The van der Waals surface area contributed by atoms with Gasteiger partial charge in [0.2, 0.25) is 10.0 Å². The molecule has 0 amide bonds. The van der Waals surface area contributed by atoms with Gasteiger partial charge in [0.1, 0.15) is 0 Å². The van der Waals surface area contributed by atoms with Gasteiger partial charge in [-0.25, -0.2) is 8.42 Å². The lowest BCUT2D eigenvalue weighted by atomic mass is 10.2. The van der Waals surface area contributed by atoms with E-state index in [0.717, 1.165) is 11.3 Å². The molecule has 1 saturated heterocycles. The highest BCUT2D eigenvalue weighted by Crippen LogP contribution is 2.22. The largest absolute Gasteiger partial charge is 0.369 e. The third-order valence-corrected chi connectivity index (χ3v) is 6.04. The molecule has 1 aliphatic heterocycles. The highest BCUT2D eigenvalue weighted by atomic mass is 32.2. The molecule has 0 unspecified atom stereocenters. The summed E-state index contributed by atoms with van der Waals surface area (Å²) < 4.78 is 27.1. The van der Waals surface area contributed by atoms with Crippen molar-refractivity contribution in [2.75, 3.05) is 31.1 Å². The van der Waals surface area contributed by atoms with Crippen molar-refractivity contribution < 1.29 is 8.42 Å². The van der Waals surface area contributed by atoms with Crippen molar-refractivity contribution >= 4 is 15.7 Å². The molecule has 0 atom stereocenters. The Hall–Kier alpha value is -1.92. The molecule has 0 bridgehead atoms. The van der Waals surface area contributed by atoms with Crippen LogP contribution >= 0.6 is 0 Å². The number of pyridine rings is 1. The van der Waals surface area contributed by atoms with Gasteiger partial charge >= 0.3 is 0 Å². The van der Waals surface area contributed by atoms with Crippen LogP contribution in [0.5, 0.6) is 0 Å². The van der Waals surface area contributed by atoms with Gasteiger partial charge in [-0.15, -0.1) is 0 Å². The first-order valence-electron chi connectivity index (χ1n) is 7.30. The van der Waals surface area contributed by atoms with E-state index in [1.165, 1.54) is 0 Å². The summed E-state index contributed by atoms with van der Waals surface area (Å²) in [5.74, 6) is 0. The van der Waals surface area contributed by atoms with Gasteiger partial charge < -0.3 is 4.90 Å². The second-order valence-corrected chi connectivity index (χ2v) is 7.27. The minimum Gasteiger partial charge on any atom is -0.369 e. The molecule has 1 aromatic heterocycles. The van der Waals surface area contributed by atoms with Crippen LogP contribution in [0.2, 0.25) is 0 Å². The Morgan fingerprint density at radius 3 is 2.23 bits per heavy atom. The van der Waals surface area contributed by atoms with Crippen molar-refractivity contribution in [2.45, 2.75) is 11.8 Å². The highest BCUT2D eigenvalue weighted by Gasteiger charge is 2.29. The van der Waals surface area contributed by atoms with Crippen LogP contribution in [0.3, 0.4) is 0 Å². The minimum absolute atomic E-state index is 0.410. The standard InChI is InChI=1S/C16H19N3O2S/c1-14-4-2-3-5-16(14)22(20,21)19-12-10-18(11-13-19)15-6-8-17-9-7-15/h2-9H,10-13H2,1H3. The van der Waals surface area contributed by atoms with E-state index in [4.69, 9.17) is 0 Å². The van der Waals surface area contributed by atoms with Gasteiger partial charge in [-0.2, -0.15) is 4.31 Å². The van der Waals surface area contributed by atoms with Crippen LogP contribution in [0.25, 0.3) is 0 Å². The van der Waals surface area contributed by atoms with Gasteiger partial charge in [-0.05, 0) is 30.7 Å². The summed E-state index contributed by atoms with van der Waals surface area (Å²) >= 11 is 0. The fourth-order valence-corrected chi connectivity index (χ4v) is 4.37. The molecule has 1 aliphatic rings. The predicted molar refractivity (Wildman–Crippen MR) is 86.4 cm³/mol. The van der Waals surface area contributed by atoms with Gasteiger partial charge in [-0.3, -0.25) is 4.98 Å². The molecule has 0 spiro atoms. The zero-order chi connectivity index (χ0) is 15.6. The van der Waals surface area contributed by atoms with Crippen LogP contribution in [0, 0.1) is 6.92 Å². The molecular weight excluding hydrogens is 298 g/mol. The number of piperazine rings is 1. The topological polar surface area (TPSA) is 53.5 Å². The number of aryl methyl sites for hydroxylation is 1. The van der Waals surface area contributed by atoms with Crippen molar-refractivity contribution in [1.29, 1.82) is 0 Å². The van der Waals surface area contributed by atoms with Crippen LogP contribution in [0.1, 0.15) is 5.56 Å². The molecule has 6 heteroatoms. The van der Waals surface area contributed by atoms with E-state index in [0.29, 0.717) is 31.1 Å². The monoisotopic (exact) mass is 317 g/mol. The average Bonchev–Trinajstić information content (AvgIpc) is 2.56. The van der Waals surface area contributed by atoms with Crippen LogP contribution in [0.4, 0.5) is 5.69 Å². The van der Waals surface area contributed by atoms with Crippen molar-refractivity contribution in [3.8, 4) is 0 Å². The lowest BCUT2D eigenvalue weighted by Gasteiger charge is -2.35. The van der Waals surface area contributed by atoms with Crippen LogP contribution < -0.4 is 4.90 Å². The third-order valence-electron chi connectivity index (χ3n) is 3.98. The van der Waals surface area contributed by atoms with Crippen LogP contribution in [-0.2, 0) is 10.0 Å². The molecule has 1 aromatic carbocycles. The molecule has 116 valence electrons. The zero-order valence-corrected chi connectivity index (χ0v) is 13.3. The Kier molecular flexibility index (Phi) is 4.13. The number of aromatic nitrogens is 1. The first-order chi connectivity index (χ1) is 10.6. The number of hydrogen-bond donors (Lipinski definition) is 0. The maximum Gasteiger partial charge on any atom is 0.243 e. The van der Waals surface area contributed by atoms with Crippen molar-refractivity contribution in [3.05, 3.63) is 54.4 Å². The maximum absolute atomic E-state index is 12.7. The normalized spacial score (nSPS) is 16.7. The smallest absolute Gasteiger partial charge is 0.243 e. The number of anilines is 1. The Morgan fingerprint density at radius 2 is 1.59 bits per heavy atom. The summed E-state index contributed by atoms with van der Waals surface area (Å²) in [6, 6.07) is 11.0. The molecular formula is C16H19N3O2S. The number of hydrogen-bond acceptors (Lipinski definition) is 4. The lowest BCUT2D eigenvalue weighted by molar-refractivity contribution is 0.384. The van der Waals surface area contributed by atoms with Gasteiger partial charge in [-0.1, -0.05) is 18.2 Å². The molecule has 2 heterocycles. The molecule has 0 N–H and O–H groups in total. The molecule has 5 nitrogen and oxygen atoms in total. The second-order valence-electron chi connectivity index (χ2n) is 5.36. The molecule has 22 heavy (non-hydrogen) atoms. The summed E-state index contributed by atoms with van der Waals surface area (Å²) in [6.45, 7) is 4.21. The Balaban J connectivity index is 1.75. The van der Waals surface area contributed by atoms with Crippen molar-refractivity contribution in [2.24, 2.45) is 0 Å². The summed E-state index contributed by atoms with van der Waals surface area (Å²) in [6.07, 6.45) is 3.51. The zero-order valence-electron chi connectivity index (χ0n) is 12.5. The summed E-state index contributed by atoms with van der Waals surface area (Å²) in [4.78, 5) is 6.61. The van der Waals surface area contributed by atoms with E-state index in [1.54, 1.807) is 28.8 Å². The molecule has 0 radical (unpaired) electrons. The van der Waals surface area contributed by atoms with Gasteiger partial charge in [0.25, 0.3) is 0 Å². The van der Waals surface area contributed by atoms with Gasteiger partial charge in [0.15, 0.2) is 0 Å². The van der Waals surface area contributed by atoms with E-state index < -0.39 is 10.0 Å². The summed E-state index contributed by atoms with van der Waals surface area (Å²) in [5.41, 5.74) is 1.88. The summed E-state index contributed by atoms with van der Waals surface area (Å²) in [7, 11) is -3.40. The number of sulfonamides is 1. The highest BCUT2D eigenvalue weighted by molar-refractivity contribution is 7.89. The van der Waals surface area contributed by atoms with Crippen molar-refractivity contribution in [3.63, 3.8) is 0 Å². The molecule has 0 aliphatic carbocycles. The predicted octanol–water partition coefficient (Wildman–Crippen LogP) is 1.90. The van der Waals surface area contributed by atoms with Crippen molar-refractivity contribution in [1.82, 2.24) is 9.29 Å². The SMILES string of the molecule is Cc1ccccc1S(=O)(=O)N1CCN(c2ccncc2)CC1. The first kappa shape index (κ1) is 15.0. The second kappa shape index (κ2) is 6.06. The fraction of sp³-hybridized carbons (Fsp3) is 0.312. The molecule has 3 rings (SSSR count). The van der Waals surface area contributed by atoms with E-state index in [2.05, 4.69) is 9.88 Å². The van der Waals surface area contributed by atoms with E-state index in [9.17, 15) is 8.42 Å². The average molecular weight is 317 g/mol. The van der Waals surface area contributed by atoms with E-state index >= 15 is 0 Å². The molecule has 1 fully saturated rings. The minimum atomic E-state index is -3.40. The first-order valence-corrected chi connectivity index (χ1v) is 8.74. The van der Waals surface area contributed by atoms with Gasteiger partial charge in [0.05, 0.1) is 4.90 Å². The third kappa shape index (κ3) is 2.84. The Morgan fingerprint density at radius 1 is 0.955 bits per heavy atom. The quantitative estimate of drug-likeness (QED) is 0.867. The van der Waals surface area contributed by atoms with Crippen LogP contribution in [-0.4, -0.2) is 43.9 Å². The van der Waals surface area contributed by atoms with E-state index in [1.807, 2.05) is 31.2 Å². The molecule has 2 aromatic rings. The summed E-state index contributed by atoms with van der Waals surface area (Å²) in [5, 5.41) is 0.